The lowest BCUT2D eigenvalue weighted by Crippen LogP contribution is -2.37. The van der Waals surface area contributed by atoms with Crippen LogP contribution in [-0.4, -0.2) is 35.5 Å². The Morgan fingerprint density at radius 1 is 1.28 bits per heavy atom. The Balaban J connectivity index is 1.82. The number of carbonyl (C=O) groups is 3. The lowest BCUT2D eigenvalue weighted by molar-refractivity contribution is -0.120. The number of carboxylic acids is 1. The Bertz CT molecular complexity index is 493. The average molecular weight is 268 g/mol. The lowest BCUT2D eigenvalue weighted by Gasteiger charge is -2.04. The smallest absolute Gasteiger partial charge is 0.345 e. The molecular weight excluding hydrogens is 256 g/mol. The summed E-state index contributed by atoms with van der Waals surface area (Å²) in [4.78, 5) is 34.0. The van der Waals surface area contributed by atoms with E-state index in [-0.39, 0.29) is 28.2 Å². The van der Waals surface area contributed by atoms with Gasteiger partial charge in [0, 0.05) is 6.04 Å². The van der Waals surface area contributed by atoms with Crippen LogP contribution in [0.3, 0.4) is 0 Å². The van der Waals surface area contributed by atoms with E-state index in [0.29, 0.717) is 0 Å². The fourth-order valence-corrected chi connectivity index (χ4v) is 2.09. The first-order valence-corrected chi connectivity index (χ1v) is 6.28. The van der Waals surface area contributed by atoms with Gasteiger partial charge in [0.25, 0.3) is 5.91 Å². The second-order valence-electron chi connectivity index (χ2n) is 3.99. The molecule has 1 fully saturated rings. The van der Waals surface area contributed by atoms with Gasteiger partial charge in [0.05, 0.1) is 11.4 Å². The van der Waals surface area contributed by atoms with Crippen molar-refractivity contribution in [3.05, 3.63) is 21.9 Å². The summed E-state index contributed by atoms with van der Waals surface area (Å²) < 4.78 is 0. The van der Waals surface area contributed by atoms with Crippen LogP contribution in [0.5, 0.6) is 0 Å². The van der Waals surface area contributed by atoms with Crippen molar-refractivity contribution in [2.45, 2.75) is 18.9 Å². The van der Waals surface area contributed by atoms with Crippen LogP contribution in [0.25, 0.3) is 0 Å². The van der Waals surface area contributed by atoms with Crippen molar-refractivity contribution in [3.8, 4) is 0 Å². The van der Waals surface area contributed by atoms with Crippen LogP contribution >= 0.6 is 11.3 Å². The molecule has 0 aliphatic heterocycles. The molecule has 0 saturated heterocycles. The highest BCUT2D eigenvalue weighted by molar-refractivity contribution is 7.15. The minimum absolute atomic E-state index is 0.0877. The molecule has 1 saturated carbocycles. The molecule has 1 heterocycles. The number of amides is 2. The maximum Gasteiger partial charge on any atom is 0.345 e. The molecule has 0 atom stereocenters. The van der Waals surface area contributed by atoms with Gasteiger partial charge in [-0.25, -0.2) is 4.79 Å². The molecule has 6 nitrogen and oxygen atoms in total. The van der Waals surface area contributed by atoms with Gasteiger partial charge < -0.3 is 15.7 Å². The van der Waals surface area contributed by atoms with Gasteiger partial charge in [-0.05, 0) is 25.0 Å². The normalized spacial score (nSPS) is 14.0. The van der Waals surface area contributed by atoms with Gasteiger partial charge >= 0.3 is 5.97 Å². The molecule has 1 aromatic rings. The van der Waals surface area contributed by atoms with Crippen LogP contribution in [0.1, 0.15) is 32.2 Å². The fraction of sp³-hybridized carbons (Fsp3) is 0.364. The molecule has 2 amide bonds. The highest BCUT2D eigenvalue weighted by Gasteiger charge is 2.23. The average Bonchev–Trinajstić information content (AvgIpc) is 2.98. The van der Waals surface area contributed by atoms with Crippen LogP contribution in [0.15, 0.2) is 12.1 Å². The Kier molecular flexibility index (Phi) is 3.61. The maximum absolute atomic E-state index is 11.6. The van der Waals surface area contributed by atoms with Crippen LogP contribution in [0.2, 0.25) is 0 Å². The maximum atomic E-state index is 11.6. The molecule has 7 heteroatoms. The molecule has 0 bridgehead atoms. The third kappa shape index (κ3) is 3.30. The standard InChI is InChI=1S/C11H12N2O4S/c14-9(13-6-1-2-6)5-12-10(15)7-3-4-8(18-7)11(16)17/h3-4,6H,1-2,5H2,(H,12,15)(H,13,14)(H,16,17). The van der Waals surface area contributed by atoms with Crippen molar-refractivity contribution in [1.29, 1.82) is 0 Å². The van der Waals surface area contributed by atoms with Crippen LogP contribution in [0, 0.1) is 0 Å². The van der Waals surface area contributed by atoms with E-state index in [0.717, 1.165) is 24.2 Å². The lowest BCUT2D eigenvalue weighted by atomic mass is 10.4. The number of aromatic carboxylic acids is 1. The van der Waals surface area contributed by atoms with Crippen molar-refractivity contribution < 1.29 is 19.5 Å². The van der Waals surface area contributed by atoms with Crippen molar-refractivity contribution in [2.24, 2.45) is 0 Å². The molecule has 2 rings (SSSR count). The van der Waals surface area contributed by atoms with E-state index < -0.39 is 11.9 Å². The molecule has 0 unspecified atom stereocenters. The number of thiophene rings is 1. The van der Waals surface area contributed by atoms with Gasteiger partial charge in [0.2, 0.25) is 5.91 Å². The van der Waals surface area contributed by atoms with E-state index >= 15 is 0 Å². The highest BCUT2D eigenvalue weighted by atomic mass is 32.1. The van der Waals surface area contributed by atoms with Crippen molar-refractivity contribution >= 4 is 29.1 Å². The SMILES string of the molecule is O=C(CNC(=O)c1ccc(C(=O)O)s1)NC1CC1. The predicted octanol–water partition coefficient (Wildman–Crippen LogP) is 0.455. The molecule has 0 spiro atoms. The van der Waals surface area contributed by atoms with E-state index in [1.165, 1.54) is 12.1 Å². The minimum atomic E-state index is -1.06. The fourth-order valence-electron chi connectivity index (χ4n) is 1.33. The zero-order valence-corrected chi connectivity index (χ0v) is 10.3. The summed E-state index contributed by atoms with van der Waals surface area (Å²) in [7, 11) is 0. The van der Waals surface area contributed by atoms with Crippen LogP contribution in [0.4, 0.5) is 0 Å². The Morgan fingerprint density at radius 3 is 2.50 bits per heavy atom. The Hall–Kier alpha value is -1.89. The van der Waals surface area contributed by atoms with Gasteiger partial charge in [0.15, 0.2) is 0 Å². The first kappa shape index (κ1) is 12.6. The van der Waals surface area contributed by atoms with Crippen LogP contribution < -0.4 is 10.6 Å². The van der Waals surface area contributed by atoms with E-state index in [1.807, 2.05) is 0 Å². The van der Waals surface area contributed by atoms with Crippen molar-refractivity contribution in [2.75, 3.05) is 6.54 Å². The first-order valence-electron chi connectivity index (χ1n) is 5.47. The number of carboxylic acid groups (broad SMARTS) is 1. The molecule has 18 heavy (non-hydrogen) atoms. The summed E-state index contributed by atoms with van der Waals surface area (Å²) in [5.74, 6) is -1.72. The van der Waals surface area contributed by atoms with E-state index in [2.05, 4.69) is 10.6 Å². The molecule has 1 aromatic heterocycles. The second-order valence-corrected chi connectivity index (χ2v) is 5.08. The summed E-state index contributed by atoms with van der Waals surface area (Å²) in [6.45, 7) is -0.0877. The van der Waals surface area contributed by atoms with Crippen molar-refractivity contribution in [3.63, 3.8) is 0 Å². The number of hydrogen-bond donors (Lipinski definition) is 3. The van der Waals surface area contributed by atoms with Gasteiger partial charge in [0.1, 0.15) is 4.88 Å². The van der Waals surface area contributed by atoms with Gasteiger partial charge in [-0.3, -0.25) is 9.59 Å². The van der Waals surface area contributed by atoms with E-state index in [4.69, 9.17) is 5.11 Å². The molecule has 3 N–H and O–H groups in total. The third-order valence-corrected chi connectivity index (χ3v) is 3.46. The van der Waals surface area contributed by atoms with Gasteiger partial charge in [-0.1, -0.05) is 0 Å². The van der Waals surface area contributed by atoms with Crippen LogP contribution in [-0.2, 0) is 4.79 Å². The number of nitrogens with one attached hydrogen (secondary N) is 2. The molecule has 96 valence electrons. The summed E-state index contributed by atoms with van der Waals surface area (Å²) >= 11 is 0.884. The zero-order chi connectivity index (χ0) is 13.1. The largest absolute Gasteiger partial charge is 0.477 e. The molecule has 1 aliphatic rings. The summed E-state index contributed by atoms with van der Waals surface area (Å²) in [6.07, 6.45) is 1.99. The summed E-state index contributed by atoms with van der Waals surface area (Å²) in [5, 5.41) is 13.9. The van der Waals surface area contributed by atoms with E-state index in [1.54, 1.807) is 0 Å². The number of hydrogen-bond acceptors (Lipinski definition) is 4. The second kappa shape index (κ2) is 5.18. The minimum Gasteiger partial charge on any atom is -0.477 e. The molecule has 0 aromatic carbocycles. The van der Waals surface area contributed by atoms with E-state index in [9.17, 15) is 14.4 Å². The zero-order valence-electron chi connectivity index (χ0n) is 9.43. The summed E-state index contributed by atoms with van der Waals surface area (Å²) in [5.41, 5.74) is 0. The quantitative estimate of drug-likeness (QED) is 0.722. The Labute approximate surface area is 107 Å². The molecule has 1 aliphatic carbocycles. The Morgan fingerprint density at radius 2 is 1.94 bits per heavy atom. The topological polar surface area (TPSA) is 95.5 Å². The molecule has 0 radical (unpaired) electrons. The predicted molar refractivity (Wildman–Crippen MR) is 64.8 cm³/mol. The summed E-state index contributed by atoms with van der Waals surface area (Å²) in [6, 6.07) is 3.06. The molecular formula is C11H12N2O4S. The third-order valence-electron chi connectivity index (χ3n) is 2.39. The first-order chi connectivity index (χ1) is 8.56. The van der Waals surface area contributed by atoms with Gasteiger partial charge in [-0.15, -0.1) is 11.3 Å². The van der Waals surface area contributed by atoms with Gasteiger partial charge in [-0.2, -0.15) is 0 Å². The van der Waals surface area contributed by atoms with Crippen molar-refractivity contribution in [1.82, 2.24) is 10.6 Å². The number of carbonyl (C=O) groups excluding carboxylic acids is 2. The monoisotopic (exact) mass is 268 g/mol. The highest BCUT2D eigenvalue weighted by Crippen LogP contribution is 2.18. The number of rotatable bonds is 5.